The van der Waals surface area contributed by atoms with Crippen molar-refractivity contribution < 1.29 is 39.9 Å². The van der Waals surface area contributed by atoms with E-state index in [-0.39, 0.29) is 67.3 Å². The van der Waals surface area contributed by atoms with Gasteiger partial charge in [-0.15, -0.1) is 11.6 Å². The van der Waals surface area contributed by atoms with Crippen molar-refractivity contribution in [2.75, 3.05) is 6.61 Å². The van der Waals surface area contributed by atoms with Crippen molar-refractivity contribution in [2.24, 2.45) is 11.8 Å². The number of H-pyrrole nitrogens is 1. The Morgan fingerprint density at radius 1 is 0.899 bits per heavy atom. The van der Waals surface area contributed by atoms with Gasteiger partial charge in [-0.05, 0) is 115 Å². The molecule has 3 aliphatic heterocycles. The van der Waals surface area contributed by atoms with E-state index in [0.717, 1.165) is 64.6 Å². The number of nitrogens with one attached hydrogen (secondary N) is 1. The molecule has 5 heterocycles. The first-order valence-corrected chi connectivity index (χ1v) is 24.6. The van der Waals surface area contributed by atoms with Gasteiger partial charge >= 0.3 is 0 Å². The van der Waals surface area contributed by atoms with Crippen LogP contribution in [0, 0.1) is 23.7 Å². The molecular formula is C58H57N3O8-2. The molecule has 0 spiro atoms. The number of ether oxygens (including phenoxy) is 1. The minimum absolute atomic E-state index is 0.0108. The van der Waals surface area contributed by atoms with E-state index in [1.54, 1.807) is 30.5 Å². The summed E-state index contributed by atoms with van der Waals surface area (Å²) < 4.78 is 6.50. The summed E-state index contributed by atoms with van der Waals surface area (Å²) in [4.78, 5) is 38.9. The molecule has 11 nitrogen and oxygen atoms in total. The fourth-order valence-electron chi connectivity index (χ4n) is 12.1. The molecule has 69 heavy (non-hydrogen) atoms. The molecule has 2 aromatic heterocycles. The molecule has 1 saturated carbocycles. The summed E-state index contributed by atoms with van der Waals surface area (Å²) in [6, 6.07) is 18.3. The van der Waals surface area contributed by atoms with Gasteiger partial charge in [0, 0.05) is 60.8 Å². The molecule has 0 radical (unpaired) electrons. The van der Waals surface area contributed by atoms with Crippen LogP contribution in [0.25, 0.3) is 17.5 Å². The van der Waals surface area contributed by atoms with Crippen LogP contribution < -0.4 is 9.72 Å². The molecule has 4 aliphatic carbocycles. The number of rotatable bonds is 6. The Bertz CT molecular complexity index is 2980. The Kier molecular flexibility index (Phi) is 12.0. The SMILES string of the molecule is O=C1CCc2cc(c(O)c(OC3CCCC3)c2)Cc2ccc3c(c2)[C@H]2C=C[C@H]3[C@H](O)CC#C[C@@H]([N-]c3[nH]ccc32)C2=Cc3[n-]ccc3[C@H](C[C@]3(O)C=Cc4c(O)cccc4CC3)[C@H]2C(=O)[C@H]1CCO. The fourth-order valence-corrected chi connectivity index (χ4v) is 12.1. The van der Waals surface area contributed by atoms with E-state index >= 15 is 4.79 Å². The highest BCUT2D eigenvalue weighted by molar-refractivity contribution is 6.05. The predicted molar refractivity (Wildman–Crippen MR) is 262 cm³/mol. The minimum atomic E-state index is -1.45. The number of ketones is 2. The normalized spacial score (nSPS) is 27.3. The van der Waals surface area contributed by atoms with E-state index in [0.29, 0.717) is 53.2 Å². The number of carbonyl (C=O) groups is 2. The molecule has 12 rings (SSSR count). The maximum absolute atomic E-state index is 15.9. The number of phenolic OH excluding ortho intramolecular Hbond substituents is 2. The second-order valence-corrected chi connectivity index (χ2v) is 20.0. The standard InChI is InChI=1S/C58H57N3O8/c62-26-21-44-52(65)16-12-34-28-36(55(66)53(30-34)69-37-6-1-2-7-37)27-33-11-13-39-42-15-14-40(45(39)29-33)43-20-25-60-57(43)61-48(8-4-10-51(42)64)46-31-49-41(19-24-59-49)47(54(46)56(44)67)32-58(68)22-17-35-5-3-9-50(63)38(35)18-23-58/h3,5,9,11,13-15,18-20,23-25,28-31,37,40,42,44,47-48,51,54,60,62-64,66,68H,1-2,6-7,10,12,16-17,21-22,26-27,32H2/q-2/t40-,42+,44-,47-,48+,51+,54-,58+/m0/s1. The van der Waals surface area contributed by atoms with Crippen LogP contribution in [0.4, 0.5) is 5.82 Å². The van der Waals surface area contributed by atoms with Crippen molar-refractivity contribution >= 4 is 29.5 Å². The van der Waals surface area contributed by atoms with E-state index in [4.69, 9.17) is 15.0 Å². The molecule has 0 unspecified atom stereocenters. The zero-order chi connectivity index (χ0) is 47.4. The summed E-state index contributed by atoms with van der Waals surface area (Å²) in [5.41, 5.74) is 7.21. The predicted octanol–water partition coefficient (Wildman–Crippen LogP) is 8.88. The van der Waals surface area contributed by atoms with Crippen LogP contribution in [0.15, 0.2) is 96.9 Å². The van der Waals surface area contributed by atoms with Gasteiger partial charge < -0.3 is 45.6 Å². The van der Waals surface area contributed by atoms with E-state index < -0.39 is 47.9 Å². The maximum atomic E-state index is 15.9. The van der Waals surface area contributed by atoms with Crippen molar-refractivity contribution in [3.63, 3.8) is 0 Å². The van der Waals surface area contributed by atoms with Gasteiger partial charge in [0.1, 0.15) is 11.5 Å². The Labute approximate surface area is 402 Å². The highest BCUT2D eigenvalue weighted by atomic mass is 16.5. The van der Waals surface area contributed by atoms with Crippen molar-refractivity contribution in [3.05, 3.63) is 158 Å². The average Bonchev–Trinajstić information content (AvgIpc) is 4.13. The highest BCUT2D eigenvalue weighted by Gasteiger charge is 2.45. The summed E-state index contributed by atoms with van der Waals surface area (Å²) in [5, 5.41) is 63.3. The summed E-state index contributed by atoms with van der Waals surface area (Å²) >= 11 is 0. The number of hydrogen-bond donors (Lipinski definition) is 6. The largest absolute Gasteiger partial charge is 0.664 e. The lowest BCUT2D eigenvalue weighted by molar-refractivity contribution is -0.135. The third kappa shape index (κ3) is 8.53. The lowest BCUT2D eigenvalue weighted by atomic mass is 9.65. The number of carbonyl (C=O) groups excluding carboxylic acids is 2. The second kappa shape index (κ2) is 18.4. The monoisotopic (exact) mass is 923 g/mol. The topological polar surface area (TPSA) is 189 Å². The summed E-state index contributed by atoms with van der Waals surface area (Å²) in [6.07, 6.45) is 17.5. The zero-order valence-corrected chi connectivity index (χ0v) is 38.5. The van der Waals surface area contributed by atoms with Gasteiger partial charge in [-0.1, -0.05) is 102 Å². The van der Waals surface area contributed by atoms with Crippen LogP contribution in [0.2, 0.25) is 0 Å². The molecule has 5 aromatic rings. The molecule has 354 valence electrons. The quantitative estimate of drug-likeness (QED) is 0.0549. The molecule has 11 heteroatoms. The number of aromatic nitrogens is 2. The van der Waals surface area contributed by atoms with E-state index in [2.05, 4.69) is 41.1 Å². The van der Waals surface area contributed by atoms with Crippen molar-refractivity contribution in [2.45, 2.75) is 119 Å². The Hall–Kier alpha value is -6.58. The molecule has 7 aliphatic rings. The molecular weight excluding hydrogens is 867 g/mol. The van der Waals surface area contributed by atoms with Gasteiger partial charge in [-0.25, -0.2) is 0 Å². The van der Waals surface area contributed by atoms with E-state index in [9.17, 15) is 30.3 Å². The zero-order valence-electron chi connectivity index (χ0n) is 38.5. The Morgan fingerprint density at radius 3 is 2.62 bits per heavy atom. The third-order valence-corrected chi connectivity index (χ3v) is 15.7. The number of Topliss-reactive ketones (excluding diaryl/α,β-unsaturated/α-hetero) is 2. The highest BCUT2D eigenvalue weighted by Crippen LogP contribution is 2.51. The molecule has 6 N–H and O–H groups in total. The average molecular weight is 924 g/mol. The smallest absolute Gasteiger partial charge is 0.161 e. The number of hydrogen-bond acceptors (Lipinski definition) is 8. The molecule has 1 fully saturated rings. The van der Waals surface area contributed by atoms with Gasteiger partial charge in [0.05, 0.1) is 23.7 Å². The van der Waals surface area contributed by atoms with Crippen LogP contribution in [-0.4, -0.2) is 72.5 Å². The number of benzene rings is 3. The van der Waals surface area contributed by atoms with Crippen molar-refractivity contribution in [3.8, 4) is 29.1 Å². The first-order chi connectivity index (χ1) is 33.5. The number of allylic oxidation sites excluding steroid dienone is 1. The maximum Gasteiger partial charge on any atom is 0.161 e. The Balaban J connectivity index is 1.08. The summed E-state index contributed by atoms with van der Waals surface area (Å²) in [5.74, 6) is 3.46. The Morgan fingerprint density at radius 2 is 1.77 bits per heavy atom. The van der Waals surface area contributed by atoms with E-state index in [1.165, 1.54) is 0 Å². The van der Waals surface area contributed by atoms with Crippen LogP contribution in [-0.2, 0) is 28.9 Å². The second-order valence-electron chi connectivity index (χ2n) is 20.0. The van der Waals surface area contributed by atoms with E-state index in [1.807, 2.05) is 48.7 Å². The number of fused-ring (bicyclic) bond motifs is 8. The molecule has 0 amide bonds. The molecule has 3 aromatic carbocycles. The number of aryl methyl sites for hydroxylation is 2. The molecule has 7 bridgehead atoms. The number of aliphatic hydroxyl groups excluding tert-OH is 2. The van der Waals surface area contributed by atoms with Crippen molar-refractivity contribution in [1.82, 2.24) is 9.97 Å². The van der Waals surface area contributed by atoms with Gasteiger partial charge in [0.15, 0.2) is 17.3 Å². The molecule has 0 saturated heterocycles. The number of aromatic hydroxyl groups is 2. The van der Waals surface area contributed by atoms with Gasteiger partial charge in [0.2, 0.25) is 0 Å². The summed E-state index contributed by atoms with van der Waals surface area (Å²) in [7, 11) is 0. The van der Waals surface area contributed by atoms with Gasteiger partial charge in [-0.2, -0.15) is 6.20 Å². The summed E-state index contributed by atoms with van der Waals surface area (Å²) in [6.45, 7) is -0.410. The number of phenols is 2. The first kappa shape index (κ1) is 44.9. The van der Waals surface area contributed by atoms with Gasteiger partial charge in [0.25, 0.3) is 0 Å². The minimum Gasteiger partial charge on any atom is -0.664 e. The van der Waals surface area contributed by atoms with Crippen LogP contribution >= 0.6 is 0 Å². The number of aromatic amines is 1. The van der Waals surface area contributed by atoms with Crippen molar-refractivity contribution in [1.29, 1.82) is 0 Å². The lowest BCUT2D eigenvalue weighted by Gasteiger charge is -2.42. The van der Waals surface area contributed by atoms with Crippen LogP contribution in [0.3, 0.4) is 0 Å². The lowest BCUT2D eigenvalue weighted by Crippen LogP contribution is -2.41. The third-order valence-electron chi connectivity index (χ3n) is 15.7. The molecule has 8 atom stereocenters. The van der Waals surface area contributed by atoms with Crippen LogP contribution in [0.5, 0.6) is 17.2 Å². The van der Waals surface area contributed by atoms with Gasteiger partial charge in [-0.3, -0.25) is 9.59 Å². The fraction of sp³-hybridized carbons (Fsp3) is 0.379. The number of nitrogens with zero attached hydrogens (tertiary/aromatic N) is 2. The first-order valence-electron chi connectivity index (χ1n) is 24.6. The number of aliphatic hydroxyl groups is 3. The van der Waals surface area contributed by atoms with Crippen LogP contribution in [0.1, 0.15) is 131 Å².